The summed E-state index contributed by atoms with van der Waals surface area (Å²) in [5, 5.41) is 0.361. The van der Waals surface area contributed by atoms with Gasteiger partial charge < -0.3 is 4.40 Å². The summed E-state index contributed by atoms with van der Waals surface area (Å²) in [4.78, 5) is 4.51. The predicted molar refractivity (Wildman–Crippen MR) is 78.0 cm³/mol. The third-order valence-electron chi connectivity index (χ3n) is 3.03. The van der Waals surface area contributed by atoms with Gasteiger partial charge >= 0.3 is 0 Å². The molecule has 0 bridgehead atoms. The molecule has 0 saturated heterocycles. The molecule has 2 nitrogen and oxygen atoms in total. The number of halogens is 3. The number of hydrogen-bond acceptors (Lipinski definition) is 1. The van der Waals surface area contributed by atoms with Gasteiger partial charge in [-0.3, -0.25) is 0 Å². The van der Waals surface area contributed by atoms with E-state index in [1.807, 2.05) is 29.7 Å². The van der Waals surface area contributed by atoms with Crippen LogP contribution in [0.3, 0.4) is 0 Å². The van der Waals surface area contributed by atoms with E-state index >= 15 is 0 Å². The summed E-state index contributed by atoms with van der Waals surface area (Å²) < 4.78 is 16.0. The van der Waals surface area contributed by atoms with E-state index in [2.05, 4.69) is 20.9 Å². The van der Waals surface area contributed by atoms with Crippen molar-refractivity contribution in [3.8, 4) is 11.3 Å². The lowest BCUT2D eigenvalue weighted by Crippen LogP contribution is -1.89. The highest BCUT2D eigenvalue weighted by Crippen LogP contribution is 2.29. The van der Waals surface area contributed by atoms with Crippen LogP contribution in [0.15, 0.2) is 41.0 Å². The lowest BCUT2D eigenvalue weighted by Gasteiger charge is -2.01. The smallest absolute Gasteiger partial charge is 0.137 e. The zero-order valence-corrected chi connectivity index (χ0v) is 12.3. The Kier molecular flexibility index (Phi) is 3.07. The molecule has 2 aromatic heterocycles. The van der Waals surface area contributed by atoms with Crippen LogP contribution in [0.25, 0.3) is 16.9 Å². The maximum atomic E-state index is 13.1. The van der Waals surface area contributed by atoms with Crippen molar-refractivity contribution in [2.24, 2.45) is 0 Å². The SMILES string of the molecule is Cc1c(Br)ccc2nc(-c3ccc(F)cc3Cl)cn12. The summed E-state index contributed by atoms with van der Waals surface area (Å²) >= 11 is 9.55. The highest BCUT2D eigenvalue weighted by atomic mass is 79.9. The van der Waals surface area contributed by atoms with Gasteiger partial charge in [-0.2, -0.15) is 0 Å². The monoisotopic (exact) mass is 338 g/mol. The van der Waals surface area contributed by atoms with Crippen LogP contribution >= 0.6 is 27.5 Å². The minimum atomic E-state index is -0.351. The van der Waals surface area contributed by atoms with Gasteiger partial charge in [0.25, 0.3) is 0 Å². The molecular formula is C14H9BrClFN2. The Bertz CT molecular complexity index is 782. The molecule has 19 heavy (non-hydrogen) atoms. The van der Waals surface area contributed by atoms with Gasteiger partial charge in [0.1, 0.15) is 11.5 Å². The molecule has 0 aliphatic rings. The quantitative estimate of drug-likeness (QED) is 0.618. The molecule has 0 amide bonds. The van der Waals surface area contributed by atoms with Crippen molar-refractivity contribution in [2.45, 2.75) is 6.92 Å². The van der Waals surface area contributed by atoms with Crippen LogP contribution in [0, 0.1) is 12.7 Å². The van der Waals surface area contributed by atoms with Gasteiger partial charge in [-0.1, -0.05) is 11.6 Å². The van der Waals surface area contributed by atoms with Gasteiger partial charge in [0.05, 0.1) is 10.7 Å². The van der Waals surface area contributed by atoms with Crippen molar-refractivity contribution in [1.29, 1.82) is 0 Å². The Morgan fingerprint density at radius 2 is 2.05 bits per heavy atom. The van der Waals surface area contributed by atoms with Crippen LogP contribution in [0.1, 0.15) is 5.69 Å². The van der Waals surface area contributed by atoms with E-state index in [1.54, 1.807) is 6.07 Å². The maximum absolute atomic E-state index is 13.1. The van der Waals surface area contributed by atoms with Crippen molar-refractivity contribution in [3.63, 3.8) is 0 Å². The third-order valence-corrected chi connectivity index (χ3v) is 4.18. The highest BCUT2D eigenvalue weighted by Gasteiger charge is 2.10. The van der Waals surface area contributed by atoms with Gasteiger partial charge in [-0.05, 0) is 53.2 Å². The second kappa shape index (κ2) is 4.62. The number of pyridine rings is 1. The van der Waals surface area contributed by atoms with Gasteiger partial charge in [0, 0.05) is 21.9 Å². The third kappa shape index (κ3) is 2.15. The van der Waals surface area contributed by atoms with Gasteiger partial charge in [-0.15, -0.1) is 0 Å². The zero-order valence-electron chi connectivity index (χ0n) is 9.99. The van der Waals surface area contributed by atoms with Crippen LogP contribution in [0.4, 0.5) is 4.39 Å². The largest absolute Gasteiger partial charge is 0.303 e. The van der Waals surface area contributed by atoms with Crippen LogP contribution in [-0.4, -0.2) is 9.38 Å². The average Bonchev–Trinajstić information content (AvgIpc) is 2.78. The minimum Gasteiger partial charge on any atom is -0.303 e. The zero-order chi connectivity index (χ0) is 13.6. The van der Waals surface area contributed by atoms with E-state index in [-0.39, 0.29) is 5.82 Å². The Morgan fingerprint density at radius 3 is 2.79 bits per heavy atom. The molecule has 0 spiro atoms. The standard InChI is InChI=1S/C14H9BrClFN2/c1-8-11(15)4-5-14-18-13(7-19(8)14)10-3-2-9(17)6-12(10)16/h2-7H,1H3. The van der Waals surface area contributed by atoms with Gasteiger partial charge in [0.15, 0.2) is 0 Å². The molecule has 0 aliphatic carbocycles. The Labute approximate surface area is 123 Å². The van der Waals surface area contributed by atoms with E-state index in [4.69, 9.17) is 11.6 Å². The van der Waals surface area contributed by atoms with Crippen LogP contribution in [0.5, 0.6) is 0 Å². The van der Waals surface area contributed by atoms with E-state index < -0.39 is 0 Å². The molecule has 0 fully saturated rings. The molecule has 0 N–H and O–H groups in total. The molecule has 0 aliphatic heterocycles. The minimum absolute atomic E-state index is 0.351. The maximum Gasteiger partial charge on any atom is 0.137 e. The van der Waals surface area contributed by atoms with E-state index in [9.17, 15) is 4.39 Å². The predicted octanol–water partition coefficient (Wildman–Crippen LogP) is 4.86. The molecule has 1 aromatic carbocycles. The fourth-order valence-electron chi connectivity index (χ4n) is 1.99. The first kappa shape index (κ1) is 12.6. The average molecular weight is 340 g/mol. The molecule has 3 rings (SSSR count). The number of hydrogen-bond donors (Lipinski definition) is 0. The second-order valence-electron chi connectivity index (χ2n) is 4.25. The first-order valence-corrected chi connectivity index (χ1v) is 6.83. The summed E-state index contributed by atoms with van der Waals surface area (Å²) in [6.45, 7) is 1.99. The Morgan fingerprint density at radius 1 is 1.26 bits per heavy atom. The highest BCUT2D eigenvalue weighted by molar-refractivity contribution is 9.10. The number of aryl methyl sites for hydroxylation is 1. The number of benzene rings is 1. The normalized spacial score (nSPS) is 11.2. The summed E-state index contributed by atoms with van der Waals surface area (Å²) in [5.41, 5.74) is 3.33. The first-order valence-electron chi connectivity index (χ1n) is 5.66. The summed E-state index contributed by atoms with van der Waals surface area (Å²) in [7, 11) is 0. The number of fused-ring (bicyclic) bond motifs is 1. The molecular weight excluding hydrogens is 331 g/mol. The molecule has 96 valence electrons. The molecule has 3 aromatic rings. The van der Waals surface area contributed by atoms with Crippen molar-refractivity contribution < 1.29 is 4.39 Å². The number of rotatable bonds is 1. The van der Waals surface area contributed by atoms with Crippen LogP contribution < -0.4 is 0 Å². The topological polar surface area (TPSA) is 17.3 Å². The summed E-state index contributed by atoms with van der Waals surface area (Å²) in [5.74, 6) is -0.351. The number of imidazole rings is 1. The summed E-state index contributed by atoms with van der Waals surface area (Å²) in [6.07, 6.45) is 1.90. The van der Waals surface area contributed by atoms with E-state index in [0.29, 0.717) is 5.02 Å². The molecule has 0 radical (unpaired) electrons. The Hall–Kier alpha value is -1.39. The van der Waals surface area contributed by atoms with Gasteiger partial charge in [-0.25, -0.2) is 9.37 Å². The molecule has 0 saturated carbocycles. The van der Waals surface area contributed by atoms with Crippen molar-refractivity contribution in [1.82, 2.24) is 9.38 Å². The first-order chi connectivity index (χ1) is 9.06. The number of aromatic nitrogens is 2. The lowest BCUT2D eigenvalue weighted by atomic mass is 10.2. The molecule has 0 unspecified atom stereocenters. The second-order valence-corrected chi connectivity index (χ2v) is 5.51. The fraction of sp³-hybridized carbons (Fsp3) is 0.0714. The summed E-state index contributed by atoms with van der Waals surface area (Å²) in [6, 6.07) is 8.19. The fourth-order valence-corrected chi connectivity index (χ4v) is 2.58. The van der Waals surface area contributed by atoms with Crippen LogP contribution in [0.2, 0.25) is 5.02 Å². The van der Waals surface area contributed by atoms with Gasteiger partial charge in [0.2, 0.25) is 0 Å². The van der Waals surface area contributed by atoms with Crippen molar-refractivity contribution >= 4 is 33.2 Å². The van der Waals surface area contributed by atoms with E-state index in [0.717, 1.165) is 27.1 Å². The van der Waals surface area contributed by atoms with Crippen molar-refractivity contribution in [2.75, 3.05) is 0 Å². The molecule has 5 heteroatoms. The number of nitrogens with zero attached hydrogens (tertiary/aromatic N) is 2. The van der Waals surface area contributed by atoms with Crippen LogP contribution in [-0.2, 0) is 0 Å². The van der Waals surface area contributed by atoms with Crippen molar-refractivity contribution in [3.05, 3.63) is 57.5 Å². The molecule has 0 atom stereocenters. The Balaban J connectivity index is 2.23. The lowest BCUT2D eigenvalue weighted by molar-refractivity contribution is 0.628. The van der Waals surface area contributed by atoms with E-state index in [1.165, 1.54) is 12.1 Å². The molecule has 2 heterocycles.